The smallest absolute Gasteiger partial charge is 0.253 e. The molecule has 1 heterocycles. The normalized spacial score (nSPS) is 10.2. The lowest BCUT2D eigenvalue weighted by Crippen LogP contribution is -2.23. The number of benzene rings is 1. The van der Waals surface area contributed by atoms with E-state index in [1.807, 2.05) is 19.1 Å². The van der Waals surface area contributed by atoms with E-state index in [0.717, 1.165) is 16.9 Å². The first kappa shape index (κ1) is 14.3. The van der Waals surface area contributed by atoms with Crippen LogP contribution in [-0.4, -0.2) is 17.9 Å². The third-order valence-corrected chi connectivity index (χ3v) is 3.16. The summed E-state index contributed by atoms with van der Waals surface area (Å²) >= 11 is 5.93. The van der Waals surface area contributed by atoms with Crippen LogP contribution in [0.1, 0.15) is 21.6 Å². The Hall–Kier alpha value is -2.07. The van der Waals surface area contributed by atoms with Gasteiger partial charge in [-0.05, 0) is 36.8 Å². The average Bonchev–Trinajstić information content (AvgIpc) is 2.46. The molecule has 0 radical (unpaired) electrons. The second kappa shape index (κ2) is 6.39. The number of pyridine rings is 1. The number of rotatable bonds is 4. The molecule has 0 spiro atoms. The van der Waals surface area contributed by atoms with Crippen LogP contribution in [0.25, 0.3) is 0 Å². The SMILES string of the molecule is CNc1ccc(Cl)cc1C(=O)NCc1ccc(C)nc1. The minimum atomic E-state index is -0.169. The van der Waals surface area contributed by atoms with Crippen LogP contribution in [0, 0.1) is 6.92 Å². The molecule has 0 bridgehead atoms. The first-order valence-electron chi connectivity index (χ1n) is 6.27. The van der Waals surface area contributed by atoms with Crippen molar-refractivity contribution in [2.45, 2.75) is 13.5 Å². The van der Waals surface area contributed by atoms with Crippen LogP contribution in [0.3, 0.4) is 0 Å². The largest absolute Gasteiger partial charge is 0.387 e. The molecule has 4 nitrogen and oxygen atoms in total. The van der Waals surface area contributed by atoms with Gasteiger partial charge in [-0.2, -0.15) is 0 Å². The molecule has 2 aromatic rings. The van der Waals surface area contributed by atoms with Crippen molar-refractivity contribution in [3.8, 4) is 0 Å². The fourth-order valence-electron chi connectivity index (χ4n) is 1.80. The van der Waals surface area contributed by atoms with Crippen molar-refractivity contribution in [1.29, 1.82) is 0 Å². The number of aromatic nitrogens is 1. The third kappa shape index (κ3) is 3.48. The zero-order valence-corrected chi connectivity index (χ0v) is 12.2. The van der Waals surface area contributed by atoms with Crippen molar-refractivity contribution >= 4 is 23.2 Å². The predicted molar refractivity (Wildman–Crippen MR) is 81.1 cm³/mol. The maximum Gasteiger partial charge on any atom is 0.253 e. The molecule has 5 heteroatoms. The van der Waals surface area contributed by atoms with E-state index in [4.69, 9.17) is 11.6 Å². The summed E-state index contributed by atoms with van der Waals surface area (Å²) in [6.07, 6.45) is 1.76. The van der Waals surface area contributed by atoms with Crippen molar-refractivity contribution in [2.75, 3.05) is 12.4 Å². The van der Waals surface area contributed by atoms with Gasteiger partial charge >= 0.3 is 0 Å². The fraction of sp³-hybridized carbons (Fsp3) is 0.200. The maximum absolute atomic E-state index is 12.2. The van der Waals surface area contributed by atoms with Crippen molar-refractivity contribution in [2.24, 2.45) is 0 Å². The van der Waals surface area contributed by atoms with Crippen LogP contribution < -0.4 is 10.6 Å². The zero-order chi connectivity index (χ0) is 14.5. The topological polar surface area (TPSA) is 54.0 Å². The number of carbonyl (C=O) groups excluding carboxylic acids is 1. The highest BCUT2D eigenvalue weighted by Crippen LogP contribution is 2.20. The number of hydrogen-bond donors (Lipinski definition) is 2. The number of nitrogens with one attached hydrogen (secondary N) is 2. The Bertz CT molecular complexity index is 611. The van der Waals surface area contributed by atoms with Gasteiger partial charge in [-0.15, -0.1) is 0 Å². The predicted octanol–water partition coefficient (Wildman–Crippen LogP) is 3.02. The Morgan fingerprint density at radius 1 is 1.30 bits per heavy atom. The molecule has 0 saturated heterocycles. The lowest BCUT2D eigenvalue weighted by Gasteiger charge is -2.10. The number of nitrogens with zero attached hydrogens (tertiary/aromatic N) is 1. The summed E-state index contributed by atoms with van der Waals surface area (Å²) in [4.78, 5) is 16.4. The van der Waals surface area contributed by atoms with Crippen LogP contribution >= 0.6 is 11.6 Å². The van der Waals surface area contributed by atoms with E-state index in [1.54, 1.807) is 31.4 Å². The Balaban J connectivity index is 2.08. The summed E-state index contributed by atoms with van der Waals surface area (Å²) in [7, 11) is 1.77. The van der Waals surface area contributed by atoms with Gasteiger partial charge in [-0.25, -0.2) is 0 Å². The Morgan fingerprint density at radius 3 is 2.75 bits per heavy atom. The molecule has 0 saturated carbocycles. The number of hydrogen-bond acceptors (Lipinski definition) is 3. The minimum Gasteiger partial charge on any atom is -0.387 e. The Morgan fingerprint density at radius 2 is 2.10 bits per heavy atom. The molecule has 0 atom stereocenters. The van der Waals surface area contributed by atoms with Gasteiger partial charge in [0.25, 0.3) is 5.91 Å². The summed E-state index contributed by atoms with van der Waals surface area (Å²) < 4.78 is 0. The summed E-state index contributed by atoms with van der Waals surface area (Å²) in [5.74, 6) is -0.169. The van der Waals surface area contributed by atoms with Crippen molar-refractivity contribution < 1.29 is 4.79 Å². The van der Waals surface area contributed by atoms with E-state index in [-0.39, 0.29) is 5.91 Å². The fourth-order valence-corrected chi connectivity index (χ4v) is 1.98. The number of halogens is 1. The van der Waals surface area contributed by atoms with Gasteiger partial charge in [0.05, 0.1) is 5.56 Å². The first-order valence-corrected chi connectivity index (χ1v) is 6.65. The van der Waals surface area contributed by atoms with E-state index in [0.29, 0.717) is 17.1 Å². The molecule has 0 fully saturated rings. The molecular weight excluding hydrogens is 274 g/mol. The van der Waals surface area contributed by atoms with Crippen molar-refractivity contribution in [3.63, 3.8) is 0 Å². The molecule has 1 aromatic carbocycles. The zero-order valence-electron chi connectivity index (χ0n) is 11.4. The molecular formula is C15H16ClN3O. The molecule has 0 aliphatic rings. The van der Waals surface area contributed by atoms with Gasteiger partial charge in [-0.3, -0.25) is 9.78 Å². The highest BCUT2D eigenvalue weighted by Gasteiger charge is 2.11. The molecule has 1 aromatic heterocycles. The Labute approximate surface area is 123 Å². The quantitative estimate of drug-likeness (QED) is 0.910. The van der Waals surface area contributed by atoms with Gasteiger partial charge in [-0.1, -0.05) is 17.7 Å². The lowest BCUT2D eigenvalue weighted by molar-refractivity contribution is 0.0951. The van der Waals surface area contributed by atoms with E-state index < -0.39 is 0 Å². The standard InChI is InChI=1S/C15H16ClN3O/c1-10-3-4-11(8-18-10)9-19-15(20)13-7-12(16)5-6-14(13)17-2/h3-8,17H,9H2,1-2H3,(H,19,20). The van der Waals surface area contributed by atoms with Crippen LogP contribution in [0.2, 0.25) is 5.02 Å². The van der Waals surface area contributed by atoms with Crippen molar-refractivity contribution in [3.05, 3.63) is 58.4 Å². The first-order chi connectivity index (χ1) is 9.60. The monoisotopic (exact) mass is 289 g/mol. The molecule has 0 aliphatic heterocycles. The van der Waals surface area contributed by atoms with Gasteiger partial charge in [0.15, 0.2) is 0 Å². The third-order valence-electron chi connectivity index (χ3n) is 2.92. The van der Waals surface area contributed by atoms with E-state index in [9.17, 15) is 4.79 Å². The van der Waals surface area contributed by atoms with Crippen LogP contribution in [0.4, 0.5) is 5.69 Å². The molecule has 2 N–H and O–H groups in total. The van der Waals surface area contributed by atoms with Gasteiger partial charge < -0.3 is 10.6 Å². The summed E-state index contributed by atoms with van der Waals surface area (Å²) in [6.45, 7) is 2.36. The van der Waals surface area contributed by atoms with Gasteiger partial charge in [0, 0.05) is 36.2 Å². The number of anilines is 1. The number of aryl methyl sites for hydroxylation is 1. The molecule has 2 rings (SSSR count). The van der Waals surface area contributed by atoms with Crippen LogP contribution in [0.5, 0.6) is 0 Å². The van der Waals surface area contributed by atoms with E-state index in [1.165, 1.54) is 0 Å². The Kier molecular flexibility index (Phi) is 4.58. The van der Waals surface area contributed by atoms with Crippen molar-refractivity contribution in [1.82, 2.24) is 10.3 Å². The molecule has 0 aliphatic carbocycles. The molecule has 104 valence electrons. The van der Waals surface area contributed by atoms with Gasteiger partial charge in [0.2, 0.25) is 0 Å². The average molecular weight is 290 g/mol. The lowest BCUT2D eigenvalue weighted by atomic mass is 10.1. The van der Waals surface area contributed by atoms with Gasteiger partial charge in [0.1, 0.15) is 0 Å². The van der Waals surface area contributed by atoms with Crippen LogP contribution in [0.15, 0.2) is 36.5 Å². The minimum absolute atomic E-state index is 0.169. The highest BCUT2D eigenvalue weighted by atomic mass is 35.5. The maximum atomic E-state index is 12.2. The second-order valence-electron chi connectivity index (χ2n) is 4.43. The highest BCUT2D eigenvalue weighted by molar-refractivity contribution is 6.31. The second-order valence-corrected chi connectivity index (χ2v) is 4.87. The summed E-state index contributed by atoms with van der Waals surface area (Å²) in [6, 6.07) is 9.04. The molecule has 20 heavy (non-hydrogen) atoms. The van der Waals surface area contributed by atoms with E-state index in [2.05, 4.69) is 15.6 Å². The van der Waals surface area contributed by atoms with E-state index >= 15 is 0 Å². The molecule has 1 amide bonds. The number of carbonyl (C=O) groups is 1. The summed E-state index contributed by atoms with van der Waals surface area (Å²) in [5, 5.41) is 6.37. The molecule has 0 unspecified atom stereocenters. The van der Waals surface area contributed by atoms with Crippen LogP contribution in [-0.2, 0) is 6.54 Å². The summed E-state index contributed by atoms with van der Waals surface area (Å²) in [5.41, 5.74) is 3.18. The number of amides is 1.